The first-order valence-electron chi connectivity index (χ1n) is 6.13. The van der Waals surface area contributed by atoms with Gasteiger partial charge in [-0.05, 0) is 12.8 Å². The van der Waals surface area contributed by atoms with Crippen molar-refractivity contribution in [2.75, 3.05) is 25.5 Å². The van der Waals surface area contributed by atoms with Crippen LogP contribution >= 0.6 is 11.8 Å². The Kier molecular flexibility index (Phi) is 5.47. The third-order valence-corrected chi connectivity index (χ3v) is 4.10. The summed E-state index contributed by atoms with van der Waals surface area (Å²) in [7, 11) is 0. The van der Waals surface area contributed by atoms with Gasteiger partial charge in [0.05, 0.1) is 0 Å². The van der Waals surface area contributed by atoms with E-state index < -0.39 is 0 Å². The van der Waals surface area contributed by atoms with Gasteiger partial charge in [-0.1, -0.05) is 0 Å². The lowest BCUT2D eigenvalue weighted by Crippen LogP contribution is -2.30. The summed E-state index contributed by atoms with van der Waals surface area (Å²) in [5, 5.41) is 7.45. The van der Waals surface area contributed by atoms with Gasteiger partial charge in [-0.2, -0.15) is 16.9 Å². The van der Waals surface area contributed by atoms with Gasteiger partial charge < -0.3 is 10.1 Å². The second kappa shape index (κ2) is 7.38. The van der Waals surface area contributed by atoms with E-state index in [0.29, 0.717) is 11.8 Å². The molecule has 2 rings (SSSR count). The topological polar surface area (TPSA) is 69.0 Å². The highest BCUT2D eigenvalue weighted by atomic mass is 32.2. The van der Waals surface area contributed by atoms with Gasteiger partial charge in [-0.25, -0.2) is 9.67 Å². The first kappa shape index (κ1) is 13.4. The standard InChI is InChI=1S/C11H18N4O2S/c16-11(7-15-9-12-8-14-15)13-3-6-18-10-1-4-17-5-2-10/h8-10H,1-7H2,(H,13,16). The van der Waals surface area contributed by atoms with Crippen molar-refractivity contribution in [1.29, 1.82) is 0 Å². The molecule has 100 valence electrons. The van der Waals surface area contributed by atoms with E-state index in [-0.39, 0.29) is 12.5 Å². The number of thioether (sulfide) groups is 1. The van der Waals surface area contributed by atoms with Crippen LogP contribution in [0.5, 0.6) is 0 Å². The number of nitrogens with zero attached hydrogens (tertiary/aromatic N) is 3. The van der Waals surface area contributed by atoms with Gasteiger partial charge in [0.25, 0.3) is 0 Å². The minimum Gasteiger partial charge on any atom is -0.381 e. The smallest absolute Gasteiger partial charge is 0.241 e. The highest BCUT2D eigenvalue weighted by Crippen LogP contribution is 2.21. The zero-order valence-corrected chi connectivity index (χ0v) is 11.1. The molecule has 18 heavy (non-hydrogen) atoms. The van der Waals surface area contributed by atoms with Crippen LogP contribution in [0.3, 0.4) is 0 Å². The summed E-state index contributed by atoms with van der Waals surface area (Å²) in [6, 6.07) is 0. The lowest BCUT2D eigenvalue weighted by molar-refractivity contribution is -0.121. The minimum absolute atomic E-state index is 0.0203. The van der Waals surface area contributed by atoms with E-state index in [9.17, 15) is 4.79 Å². The molecule has 7 heteroatoms. The predicted octanol–water partition coefficient (Wildman–Crippen LogP) is 0.306. The number of nitrogens with one attached hydrogen (secondary N) is 1. The minimum atomic E-state index is -0.0203. The highest BCUT2D eigenvalue weighted by molar-refractivity contribution is 7.99. The molecular weight excluding hydrogens is 252 g/mol. The molecule has 0 saturated carbocycles. The van der Waals surface area contributed by atoms with Crippen LogP contribution in [0.25, 0.3) is 0 Å². The zero-order chi connectivity index (χ0) is 12.6. The monoisotopic (exact) mass is 270 g/mol. The van der Waals surface area contributed by atoms with E-state index >= 15 is 0 Å². The molecule has 1 aromatic rings. The Labute approximate surface area is 110 Å². The Morgan fingerprint density at radius 2 is 2.33 bits per heavy atom. The van der Waals surface area contributed by atoms with Crippen LogP contribution in [0.15, 0.2) is 12.7 Å². The molecule has 0 bridgehead atoms. The average Bonchev–Trinajstić information content (AvgIpc) is 2.89. The summed E-state index contributed by atoms with van der Waals surface area (Å²) >= 11 is 1.92. The molecule has 1 aliphatic rings. The molecule has 2 heterocycles. The van der Waals surface area contributed by atoms with Gasteiger partial charge in [0.1, 0.15) is 19.2 Å². The summed E-state index contributed by atoms with van der Waals surface area (Å²) in [4.78, 5) is 15.3. The van der Waals surface area contributed by atoms with E-state index in [2.05, 4.69) is 15.4 Å². The number of carbonyl (C=O) groups excluding carboxylic acids is 1. The van der Waals surface area contributed by atoms with Gasteiger partial charge in [-0.15, -0.1) is 0 Å². The van der Waals surface area contributed by atoms with Crippen molar-refractivity contribution in [2.24, 2.45) is 0 Å². The van der Waals surface area contributed by atoms with Crippen molar-refractivity contribution in [2.45, 2.75) is 24.6 Å². The summed E-state index contributed by atoms with van der Waals surface area (Å²) in [5.41, 5.74) is 0. The maximum atomic E-state index is 11.5. The molecule has 0 spiro atoms. The number of carbonyl (C=O) groups is 1. The Balaban J connectivity index is 1.53. The fourth-order valence-corrected chi connectivity index (χ4v) is 2.86. The molecule has 1 fully saturated rings. The van der Waals surface area contributed by atoms with Crippen molar-refractivity contribution >= 4 is 17.7 Å². The fourth-order valence-electron chi connectivity index (χ4n) is 1.78. The first-order chi connectivity index (χ1) is 8.84. The third kappa shape index (κ3) is 4.66. The van der Waals surface area contributed by atoms with Crippen LogP contribution in [0, 0.1) is 0 Å². The number of aromatic nitrogens is 3. The molecule has 0 aliphatic carbocycles. The number of amides is 1. The van der Waals surface area contributed by atoms with Crippen LogP contribution in [-0.2, 0) is 16.1 Å². The quantitative estimate of drug-likeness (QED) is 0.753. The van der Waals surface area contributed by atoms with E-state index in [0.717, 1.165) is 31.8 Å². The van der Waals surface area contributed by atoms with Crippen LogP contribution in [0.1, 0.15) is 12.8 Å². The molecule has 0 atom stereocenters. The Hall–Kier alpha value is -1.08. The lowest BCUT2D eigenvalue weighted by Gasteiger charge is -2.21. The van der Waals surface area contributed by atoms with Crippen molar-refractivity contribution in [1.82, 2.24) is 20.1 Å². The summed E-state index contributed by atoms with van der Waals surface area (Å²) in [6.07, 6.45) is 5.21. The van der Waals surface area contributed by atoms with E-state index in [1.165, 1.54) is 17.3 Å². The molecule has 1 amide bonds. The zero-order valence-electron chi connectivity index (χ0n) is 10.2. The van der Waals surface area contributed by atoms with Crippen LogP contribution in [-0.4, -0.2) is 51.4 Å². The molecular formula is C11H18N4O2S. The molecule has 0 aromatic carbocycles. The number of ether oxygens (including phenoxy) is 1. The molecule has 0 unspecified atom stereocenters. The third-order valence-electron chi connectivity index (χ3n) is 2.72. The SMILES string of the molecule is O=C(Cn1cncn1)NCCSC1CCOCC1. The highest BCUT2D eigenvalue weighted by Gasteiger charge is 2.13. The van der Waals surface area contributed by atoms with Gasteiger partial charge in [0.2, 0.25) is 5.91 Å². The van der Waals surface area contributed by atoms with Gasteiger partial charge >= 0.3 is 0 Å². The number of rotatable bonds is 6. The van der Waals surface area contributed by atoms with Crippen LogP contribution in [0.4, 0.5) is 0 Å². The molecule has 1 saturated heterocycles. The van der Waals surface area contributed by atoms with Crippen molar-refractivity contribution in [3.8, 4) is 0 Å². The maximum Gasteiger partial charge on any atom is 0.241 e. The average molecular weight is 270 g/mol. The second-order valence-corrected chi connectivity index (χ2v) is 5.53. The molecule has 1 aromatic heterocycles. The summed E-state index contributed by atoms with van der Waals surface area (Å²) < 4.78 is 6.82. The van der Waals surface area contributed by atoms with E-state index in [4.69, 9.17) is 4.74 Å². The van der Waals surface area contributed by atoms with Crippen molar-refractivity contribution < 1.29 is 9.53 Å². The van der Waals surface area contributed by atoms with E-state index in [1.54, 1.807) is 0 Å². The predicted molar refractivity (Wildman–Crippen MR) is 69.3 cm³/mol. The molecule has 0 radical (unpaired) electrons. The first-order valence-corrected chi connectivity index (χ1v) is 7.18. The lowest BCUT2D eigenvalue weighted by atomic mass is 10.2. The van der Waals surface area contributed by atoms with Gasteiger partial charge in [0, 0.05) is 30.8 Å². The van der Waals surface area contributed by atoms with Crippen LogP contribution in [0.2, 0.25) is 0 Å². The summed E-state index contributed by atoms with van der Waals surface area (Å²) in [5.74, 6) is 0.932. The molecule has 1 aliphatic heterocycles. The second-order valence-electron chi connectivity index (χ2n) is 4.13. The number of hydrogen-bond acceptors (Lipinski definition) is 5. The Bertz CT molecular complexity index is 352. The largest absolute Gasteiger partial charge is 0.381 e. The number of hydrogen-bond donors (Lipinski definition) is 1. The van der Waals surface area contributed by atoms with Crippen LogP contribution < -0.4 is 5.32 Å². The fraction of sp³-hybridized carbons (Fsp3) is 0.727. The Morgan fingerprint density at radius 3 is 3.06 bits per heavy atom. The maximum absolute atomic E-state index is 11.5. The molecule has 1 N–H and O–H groups in total. The summed E-state index contributed by atoms with van der Waals surface area (Å²) in [6.45, 7) is 2.68. The van der Waals surface area contributed by atoms with E-state index in [1.807, 2.05) is 11.8 Å². The van der Waals surface area contributed by atoms with Crippen molar-refractivity contribution in [3.63, 3.8) is 0 Å². The van der Waals surface area contributed by atoms with Gasteiger partial charge in [0.15, 0.2) is 0 Å². The normalized spacial score (nSPS) is 16.7. The Morgan fingerprint density at radius 1 is 1.50 bits per heavy atom. The molecule has 6 nitrogen and oxygen atoms in total. The van der Waals surface area contributed by atoms with Crippen molar-refractivity contribution in [3.05, 3.63) is 12.7 Å². The van der Waals surface area contributed by atoms with Gasteiger partial charge in [-0.3, -0.25) is 4.79 Å².